The predicted octanol–water partition coefficient (Wildman–Crippen LogP) is 2.90. The van der Waals surface area contributed by atoms with Gasteiger partial charge in [0.25, 0.3) is 0 Å². The molecule has 2 atom stereocenters. The van der Waals surface area contributed by atoms with Gasteiger partial charge in [0.1, 0.15) is 11.9 Å². The first-order chi connectivity index (χ1) is 7.79. The normalized spacial score (nSPS) is 25.4. The molecular formula is C14H21NO. The molecule has 1 aromatic rings. The average molecular weight is 219 g/mol. The highest BCUT2D eigenvalue weighted by Gasteiger charge is 2.23. The van der Waals surface area contributed by atoms with E-state index in [0.29, 0.717) is 0 Å². The maximum Gasteiger partial charge on any atom is 0.119 e. The highest BCUT2D eigenvalue weighted by atomic mass is 16.5. The zero-order chi connectivity index (χ0) is 11.4. The van der Waals surface area contributed by atoms with E-state index >= 15 is 0 Å². The second kappa shape index (κ2) is 5.35. The summed E-state index contributed by atoms with van der Waals surface area (Å²) in [4.78, 5) is 0. The van der Waals surface area contributed by atoms with Crippen LogP contribution in [0.25, 0.3) is 0 Å². The van der Waals surface area contributed by atoms with E-state index in [-0.39, 0.29) is 12.1 Å². The summed E-state index contributed by atoms with van der Waals surface area (Å²) in [6.45, 7) is 2.16. The van der Waals surface area contributed by atoms with E-state index in [9.17, 15) is 0 Å². The molecule has 2 heteroatoms. The van der Waals surface area contributed by atoms with Gasteiger partial charge in [-0.05, 0) is 43.4 Å². The van der Waals surface area contributed by atoms with Crippen LogP contribution < -0.4 is 10.5 Å². The molecule has 0 amide bonds. The average Bonchev–Trinajstić information content (AvgIpc) is 2.33. The Morgan fingerprint density at radius 3 is 2.50 bits per heavy atom. The first kappa shape index (κ1) is 11.5. The Kier molecular flexibility index (Phi) is 3.83. The topological polar surface area (TPSA) is 35.2 Å². The minimum atomic E-state index is 0.208. The predicted molar refractivity (Wildman–Crippen MR) is 66.7 cm³/mol. The van der Waals surface area contributed by atoms with Crippen molar-refractivity contribution in [2.75, 3.05) is 0 Å². The lowest BCUT2D eigenvalue weighted by Crippen LogP contribution is -2.41. The van der Waals surface area contributed by atoms with Crippen LogP contribution in [0.3, 0.4) is 0 Å². The van der Waals surface area contributed by atoms with Gasteiger partial charge in [0.15, 0.2) is 0 Å². The van der Waals surface area contributed by atoms with Crippen molar-refractivity contribution in [3.05, 3.63) is 29.8 Å². The summed E-state index contributed by atoms with van der Waals surface area (Å²) in [5.74, 6) is 0.958. The first-order valence-corrected chi connectivity index (χ1v) is 6.31. The van der Waals surface area contributed by atoms with Gasteiger partial charge in [0.2, 0.25) is 0 Å². The van der Waals surface area contributed by atoms with E-state index in [1.807, 2.05) is 0 Å². The van der Waals surface area contributed by atoms with Gasteiger partial charge in [-0.2, -0.15) is 0 Å². The standard InChI is InChI=1S/C14H21NO/c1-2-11-7-9-12(10-8-11)16-14-6-4-3-5-13(14)15/h7-10,13-14H,2-6,15H2,1H3. The van der Waals surface area contributed by atoms with Crippen molar-refractivity contribution in [1.82, 2.24) is 0 Å². The Balaban J connectivity index is 1.96. The van der Waals surface area contributed by atoms with Crippen LogP contribution in [0.2, 0.25) is 0 Å². The SMILES string of the molecule is CCc1ccc(OC2CCCCC2N)cc1. The van der Waals surface area contributed by atoms with Gasteiger partial charge in [-0.15, -0.1) is 0 Å². The van der Waals surface area contributed by atoms with Crippen molar-refractivity contribution in [3.63, 3.8) is 0 Å². The number of hydrogen-bond acceptors (Lipinski definition) is 2. The van der Waals surface area contributed by atoms with Crippen LogP contribution in [0.15, 0.2) is 24.3 Å². The molecule has 1 aliphatic rings. The van der Waals surface area contributed by atoms with Gasteiger partial charge >= 0.3 is 0 Å². The maximum atomic E-state index is 6.06. The van der Waals surface area contributed by atoms with E-state index in [2.05, 4.69) is 31.2 Å². The minimum Gasteiger partial charge on any atom is -0.489 e. The first-order valence-electron chi connectivity index (χ1n) is 6.31. The molecule has 0 spiro atoms. The molecule has 0 radical (unpaired) electrons. The van der Waals surface area contributed by atoms with Crippen LogP contribution in [0.5, 0.6) is 5.75 Å². The maximum absolute atomic E-state index is 6.06. The van der Waals surface area contributed by atoms with Gasteiger partial charge < -0.3 is 10.5 Å². The fourth-order valence-corrected chi connectivity index (χ4v) is 2.25. The smallest absolute Gasteiger partial charge is 0.119 e. The van der Waals surface area contributed by atoms with Crippen molar-refractivity contribution >= 4 is 0 Å². The minimum absolute atomic E-state index is 0.208. The number of hydrogen-bond donors (Lipinski definition) is 1. The van der Waals surface area contributed by atoms with Gasteiger partial charge in [-0.3, -0.25) is 0 Å². The molecule has 2 nitrogen and oxygen atoms in total. The lowest BCUT2D eigenvalue weighted by Gasteiger charge is -2.29. The fraction of sp³-hybridized carbons (Fsp3) is 0.571. The van der Waals surface area contributed by atoms with Crippen molar-refractivity contribution in [2.45, 2.75) is 51.2 Å². The molecule has 2 rings (SSSR count). The van der Waals surface area contributed by atoms with Crippen LogP contribution >= 0.6 is 0 Å². The van der Waals surface area contributed by atoms with E-state index in [0.717, 1.165) is 25.0 Å². The highest BCUT2D eigenvalue weighted by molar-refractivity contribution is 5.27. The summed E-state index contributed by atoms with van der Waals surface area (Å²) in [5, 5.41) is 0. The van der Waals surface area contributed by atoms with Gasteiger partial charge in [0, 0.05) is 6.04 Å². The Labute approximate surface area is 97.8 Å². The summed E-state index contributed by atoms with van der Waals surface area (Å²) in [7, 11) is 0. The third-order valence-electron chi connectivity index (χ3n) is 3.37. The lowest BCUT2D eigenvalue weighted by molar-refractivity contribution is 0.132. The second-order valence-electron chi connectivity index (χ2n) is 4.60. The van der Waals surface area contributed by atoms with Gasteiger partial charge in [-0.25, -0.2) is 0 Å². The molecule has 88 valence electrons. The molecule has 1 aliphatic carbocycles. The van der Waals surface area contributed by atoms with Crippen LogP contribution in [0, 0.1) is 0 Å². The number of nitrogens with two attached hydrogens (primary N) is 1. The number of rotatable bonds is 3. The van der Waals surface area contributed by atoms with Crippen molar-refractivity contribution in [1.29, 1.82) is 0 Å². The summed E-state index contributed by atoms with van der Waals surface area (Å²) in [6, 6.07) is 8.58. The van der Waals surface area contributed by atoms with Crippen LogP contribution in [-0.2, 0) is 6.42 Å². The number of benzene rings is 1. The molecule has 16 heavy (non-hydrogen) atoms. The quantitative estimate of drug-likeness (QED) is 0.848. The molecule has 1 fully saturated rings. The third-order valence-corrected chi connectivity index (χ3v) is 3.37. The molecule has 0 aliphatic heterocycles. The van der Waals surface area contributed by atoms with E-state index < -0.39 is 0 Å². The molecule has 1 aromatic carbocycles. The summed E-state index contributed by atoms with van der Waals surface area (Å²) < 4.78 is 5.94. The monoisotopic (exact) mass is 219 g/mol. The zero-order valence-corrected chi connectivity index (χ0v) is 9.99. The molecule has 1 saturated carbocycles. The summed E-state index contributed by atoms with van der Waals surface area (Å²) in [5.41, 5.74) is 7.41. The number of ether oxygens (including phenoxy) is 1. The van der Waals surface area contributed by atoms with E-state index in [1.54, 1.807) is 0 Å². The highest BCUT2D eigenvalue weighted by Crippen LogP contribution is 2.23. The molecule has 2 N–H and O–H groups in total. The Morgan fingerprint density at radius 1 is 1.19 bits per heavy atom. The molecule has 0 aromatic heterocycles. The summed E-state index contributed by atoms with van der Waals surface area (Å²) in [6.07, 6.45) is 5.96. The summed E-state index contributed by atoms with van der Waals surface area (Å²) >= 11 is 0. The number of aryl methyl sites for hydroxylation is 1. The Bertz CT molecular complexity index is 320. The van der Waals surface area contributed by atoms with Crippen molar-refractivity contribution < 1.29 is 4.74 Å². The largest absolute Gasteiger partial charge is 0.489 e. The molecular weight excluding hydrogens is 198 g/mol. The van der Waals surface area contributed by atoms with Crippen molar-refractivity contribution in [3.8, 4) is 5.75 Å². The van der Waals surface area contributed by atoms with Gasteiger partial charge in [-0.1, -0.05) is 25.5 Å². The van der Waals surface area contributed by atoms with E-state index in [1.165, 1.54) is 18.4 Å². The second-order valence-corrected chi connectivity index (χ2v) is 4.60. The fourth-order valence-electron chi connectivity index (χ4n) is 2.25. The zero-order valence-electron chi connectivity index (χ0n) is 9.99. The molecule has 2 unspecified atom stereocenters. The molecule has 0 bridgehead atoms. The van der Waals surface area contributed by atoms with E-state index in [4.69, 9.17) is 10.5 Å². The van der Waals surface area contributed by atoms with Crippen LogP contribution in [-0.4, -0.2) is 12.1 Å². The Hall–Kier alpha value is -1.02. The Morgan fingerprint density at radius 2 is 1.88 bits per heavy atom. The van der Waals surface area contributed by atoms with Crippen LogP contribution in [0.4, 0.5) is 0 Å². The molecule has 0 heterocycles. The van der Waals surface area contributed by atoms with Crippen LogP contribution in [0.1, 0.15) is 38.2 Å². The van der Waals surface area contributed by atoms with Gasteiger partial charge in [0.05, 0.1) is 0 Å². The third kappa shape index (κ3) is 2.76. The lowest BCUT2D eigenvalue weighted by atomic mass is 9.93. The molecule has 0 saturated heterocycles. The van der Waals surface area contributed by atoms with Crippen molar-refractivity contribution in [2.24, 2.45) is 5.73 Å².